The molecule has 0 aromatic heterocycles. The Balaban J connectivity index is 1.90. The quantitative estimate of drug-likeness (QED) is 0.232. The van der Waals surface area contributed by atoms with Gasteiger partial charge < -0.3 is 15.6 Å². The van der Waals surface area contributed by atoms with Crippen LogP contribution in [0.3, 0.4) is 0 Å². The van der Waals surface area contributed by atoms with E-state index in [0.29, 0.717) is 0 Å². The molecule has 10 nitrogen and oxygen atoms in total. The lowest BCUT2D eigenvalue weighted by molar-refractivity contribution is -0.153. The molecule has 1 amide bonds. The first-order valence-corrected chi connectivity index (χ1v) is 10.0. The van der Waals surface area contributed by atoms with E-state index in [4.69, 9.17) is 15.0 Å². The van der Waals surface area contributed by atoms with Crippen molar-refractivity contribution in [3.63, 3.8) is 0 Å². The molecule has 3 N–H and O–H groups in total. The van der Waals surface area contributed by atoms with Crippen molar-refractivity contribution in [2.75, 3.05) is 19.0 Å². The van der Waals surface area contributed by atoms with Crippen LogP contribution in [0.25, 0.3) is 0 Å². The molecular formula is C15H18N2O8S2. The van der Waals surface area contributed by atoms with E-state index in [1.165, 1.54) is 12.1 Å². The molecule has 1 aliphatic rings. The minimum atomic E-state index is -4.02. The fraction of sp³-hybridized carbons (Fsp3) is 0.400. The second-order valence-electron chi connectivity index (χ2n) is 5.64. The van der Waals surface area contributed by atoms with Crippen LogP contribution < -0.4 is 5.73 Å². The van der Waals surface area contributed by atoms with Gasteiger partial charge in [-0.2, -0.15) is 8.42 Å². The van der Waals surface area contributed by atoms with Crippen LogP contribution in [-0.2, 0) is 33.4 Å². The lowest BCUT2D eigenvalue weighted by Crippen LogP contribution is -2.67. The number of hydrogen-bond acceptors (Lipinski definition) is 9. The normalized spacial score (nSPS) is 19.5. The molecule has 148 valence electrons. The number of β-lactam (4-membered cyclic amide) rings is 1. The molecule has 2 atom stereocenters. The largest absolute Gasteiger partial charge is 0.479 e. The number of nitrogens with two attached hydrogens (primary N) is 1. The number of carbonyl (C=O) groups is 3. The SMILES string of the molecule is Cc1ccc(S(=O)(=O)OC[C@@H]2[C@H](N)C(=O)N2SCC(=O)OCC(=O)O)cc1. The van der Waals surface area contributed by atoms with E-state index in [1.807, 2.05) is 6.92 Å². The van der Waals surface area contributed by atoms with Crippen molar-refractivity contribution in [1.29, 1.82) is 0 Å². The van der Waals surface area contributed by atoms with Crippen molar-refractivity contribution >= 4 is 39.9 Å². The number of aryl methyl sites for hydroxylation is 1. The zero-order chi connectivity index (χ0) is 20.2. The first kappa shape index (κ1) is 21.2. The number of carboxylic acid groups (broad SMARTS) is 1. The van der Waals surface area contributed by atoms with Crippen LogP contribution in [0.2, 0.25) is 0 Å². The van der Waals surface area contributed by atoms with Crippen molar-refractivity contribution < 1.29 is 36.8 Å². The number of rotatable bonds is 9. The van der Waals surface area contributed by atoms with Crippen molar-refractivity contribution in [2.45, 2.75) is 23.9 Å². The van der Waals surface area contributed by atoms with Crippen LogP contribution in [0, 0.1) is 6.92 Å². The third-order valence-corrected chi connectivity index (χ3v) is 5.99. The predicted octanol–water partition coefficient (Wildman–Crippen LogP) is -0.486. The van der Waals surface area contributed by atoms with Crippen LogP contribution in [0.15, 0.2) is 29.2 Å². The average Bonchev–Trinajstić information content (AvgIpc) is 2.62. The molecule has 0 spiro atoms. The number of nitrogens with zero attached hydrogens (tertiary/aromatic N) is 1. The standard InChI is InChI=1S/C15H18N2O8S2/c1-9-2-4-10(5-3-9)27(22,23)25-6-11-14(16)15(21)17(11)26-8-13(20)24-7-12(18)19/h2-5,11,14H,6-8,16H2,1H3,(H,18,19)/t11-,14+/m1/s1. The van der Waals surface area contributed by atoms with Gasteiger partial charge in [-0.1, -0.05) is 17.7 Å². The molecule has 0 unspecified atom stereocenters. The molecule has 0 saturated carbocycles. The Kier molecular flexibility index (Phi) is 6.81. The van der Waals surface area contributed by atoms with Crippen molar-refractivity contribution in [2.24, 2.45) is 5.73 Å². The summed E-state index contributed by atoms with van der Waals surface area (Å²) in [5.41, 5.74) is 6.56. The molecule has 1 fully saturated rings. The number of ether oxygens (including phenoxy) is 1. The number of benzene rings is 1. The van der Waals surface area contributed by atoms with Gasteiger partial charge >= 0.3 is 11.9 Å². The van der Waals surface area contributed by atoms with Gasteiger partial charge in [0, 0.05) is 0 Å². The summed E-state index contributed by atoms with van der Waals surface area (Å²) in [4.78, 5) is 33.5. The van der Waals surface area contributed by atoms with Gasteiger partial charge in [-0.3, -0.25) is 18.1 Å². The van der Waals surface area contributed by atoms with Crippen LogP contribution in [0.4, 0.5) is 0 Å². The topological polar surface area (TPSA) is 153 Å². The highest BCUT2D eigenvalue weighted by Gasteiger charge is 2.46. The molecule has 0 bridgehead atoms. The Bertz CT molecular complexity index is 825. The van der Waals surface area contributed by atoms with Gasteiger partial charge in [0.1, 0.15) is 11.8 Å². The Morgan fingerprint density at radius 2 is 1.93 bits per heavy atom. The van der Waals surface area contributed by atoms with Crippen molar-refractivity contribution in [3.05, 3.63) is 29.8 Å². The average molecular weight is 418 g/mol. The zero-order valence-electron chi connectivity index (χ0n) is 14.2. The maximum Gasteiger partial charge on any atom is 0.341 e. The molecule has 1 saturated heterocycles. The van der Waals surface area contributed by atoms with E-state index in [9.17, 15) is 22.8 Å². The van der Waals surface area contributed by atoms with Gasteiger partial charge in [-0.05, 0) is 31.0 Å². The van der Waals surface area contributed by atoms with Crippen LogP contribution in [0.1, 0.15) is 5.56 Å². The number of carbonyl (C=O) groups excluding carboxylic acids is 2. The summed E-state index contributed by atoms with van der Waals surface area (Å²) in [6.45, 7) is 0.654. The van der Waals surface area contributed by atoms with E-state index >= 15 is 0 Å². The van der Waals surface area contributed by atoms with Crippen LogP contribution >= 0.6 is 11.9 Å². The number of aliphatic carboxylic acids is 1. The van der Waals surface area contributed by atoms with Crippen molar-refractivity contribution in [1.82, 2.24) is 4.31 Å². The van der Waals surface area contributed by atoms with E-state index in [0.717, 1.165) is 21.8 Å². The van der Waals surface area contributed by atoms with E-state index in [-0.39, 0.29) is 17.3 Å². The number of esters is 1. The van der Waals surface area contributed by atoms with Gasteiger partial charge in [-0.15, -0.1) is 0 Å². The minimum Gasteiger partial charge on any atom is -0.479 e. The third kappa shape index (κ3) is 5.42. The van der Waals surface area contributed by atoms with E-state index in [2.05, 4.69) is 4.74 Å². The molecule has 27 heavy (non-hydrogen) atoms. The molecule has 1 aliphatic heterocycles. The van der Waals surface area contributed by atoms with E-state index < -0.39 is 46.7 Å². The summed E-state index contributed by atoms with van der Waals surface area (Å²) in [5.74, 6) is -2.95. The first-order chi connectivity index (χ1) is 12.6. The minimum absolute atomic E-state index is 0.0243. The Morgan fingerprint density at radius 3 is 2.52 bits per heavy atom. The highest BCUT2D eigenvalue weighted by atomic mass is 32.2. The Hall–Kier alpha value is -2.15. The van der Waals surface area contributed by atoms with Crippen LogP contribution in [-0.4, -0.2) is 66.7 Å². The molecule has 1 aromatic carbocycles. The number of hydrogen-bond donors (Lipinski definition) is 2. The van der Waals surface area contributed by atoms with E-state index in [1.54, 1.807) is 12.1 Å². The first-order valence-electron chi connectivity index (χ1n) is 7.67. The summed E-state index contributed by atoms with van der Waals surface area (Å²) in [6.07, 6.45) is 0. The van der Waals surface area contributed by atoms with Crippen molar-refractivity contribution in [3.8, 4) is 0 Å². The lowest BCUT2D eigenvalue weighted by Gasteiger charge is -2.43. The second-order valence-corrected chi connectivity index (χ2v) is 8.19. The molecular weight excluding hydrogens is 400 g/mol. The summed E-state index contributed by atoms with van der Waals surface area (Å²) in [7, 11) is -4.02. The highest BCUT2D eigenvalue weighted by Crippen LogP contribution is 2.28. The molecule has 0 aliphatic carbocycles. The van der Waals surface area contributed by atoms with Gasteiger partial charge in [0.15, 0.2) is 6.61 Å². The zero-order valence-corrected chi connectivity index (χ0v) is 15.9. The summed E-state index contributed by atoms with van der Waals surface area (Å²) < 4.78 is 34.9. The second kappa shape index (κ2) is 8.69. The molecule has 1 heterocycles. The Labute approximate surface area is 159 Å². The van der Waals surface area contributed by atoms with Gasteiger partial charge in [0.25, 0.3) is 16.0 Å². The molecule has 12 heteroatoms. The summed E-state index contributed by atoms with van der Waals surface area (Å²) in [6, 6.07) is 4.35. The molecule has 1 aromatic rings. The Morgan fingerprint density at radius 1 is 1.30 bits per heavy atom. The van der Waals surface area contributed by atoms with Gasteiger partial charge in [0.05, 0.1) is 17.5 Å². The number of amides is 1. The smallest absolute Gasteiger partial charge is 0.341 e. The maximum absolute atomic E-state index is 12.2. The molecule has 0 radical (unpaired) electrons. The monoisotopic (exact) mass is 418 g/mol. The predicted molar refractivity (Wildman–Crippen MR) is 94.0 cm³/mol. The fourth-order valence-corrected chi connectivity index (χ4v) is 3.99. The van der Waals surface area contributed by atoms with Gasteiger partial charge in [0.2, 0.25) is 0 Å². The van der Waals surface area contributed by atoms with Gasteiger partial charge in [-0.25, -0.2) is 4.79 Å². The van der Waals surface area contributed by atoms with Crippen LogP contribution in [0.5, 0.6) is 0 Å². The molecule has 2 rings (SSSR count). The highest BCUT2D eigenvalue weighted by molar-refractivity contribution is 7.98. The number of carboxylic acids is 1. The fourth-order valence-electron chi connectivity index (χ4n) is 2.11. The summed E-state index contributed by atoms with van der Waals surface area (Å²) >= 11 is 0.753. The third-order valence-electron chi connectivity index (χ3n) is 3.60. The summed E-state index contributed by atoms with van der Waals surface area (Å²) in [5, 5.41) is 8.43. The maximum atomic E-state index is 12.2. The lowest BCUT2D eigenvalue weighted by atomic mass is 10.0.